The number of aryl methyl sites for hydroxylation is 1. The summed E-state index contributed by atoms with van der Waals surface area (Å²) >= 11 is 0. The van der Waals surface area contributed by atoms with Gasteiger partial charge >= 0.3 is 5.69 Å². The van der Waals surface area contributed by atoms with E-state index in [2.05, 4.69) is 0 Å². The van der Waals surface area contributed by atoms with Crippen LogP contribution in [-0.2, 0) is 0 Å². The SMILES string of the molecule is Cc1c(F)c(N2CC[C@@H]([C@H](C)N)C2)cc2c1c(=O)n(N)c(=O)n2C1CC1. The molecule has 2 heterocycles. The van der Waals surface area contributed by atoms with Gasteiger partial charge in [0.2, 0.25) is 0 Å². The van der Waals surface area contributed by atoms with Gasteiger partial charge in [0.05, 0.1) is 16.6 Å². The van der Waals surface area contributed by atoms with E-state index in [1.807, 2.05) is 11.8 Å². The van der Waals surface area contributed by atoms with Crippen molar-refractivity contribution in [2.24, 2.45) is 11.7 Å². The fourth-order valence-corrected chi connectivity index (χ4v) is 4.00. The van der Waals surface area contributed by atoms with Gasteiger partial charge in [0.1, 0.15) is 5.82 Å². The third kappa shape index (κ3) is 2.43. The minimum Gasteiger partial charge on any atom is -0.369 e. The number of hydrogen-bond acceptors (Lipinski definition) is 5. The molecular weight excluding hydrogens is 337 g/mol. The lowest BCUT2D eigenvalue weighted by molar-refractivity contribution is 0.487. The summed E-state index contributed by atoms with van der Waals surface area (Å²) in [7, 11) is 0. The number of aromatic nitrogens is 2. The Kier molecular flexibility index (Phi) is 3.83. The van der Waals surface area contributed by atoms with Gasteiger partial charge in [-0.15, -0.1) is 0 Å². The van der Waals surface area contributed by atoms with Gasteiger partial charge < -0.3 is 16.5 Å². The summed E-state index contributed by atoms with van der Waals surface area (Å²) in [6.07, 6.45) is 2.61. The Labute approximate surface area is 150 Å². The Morgan fingerprint density at radius 2 is 1.96 bits per heavy atom. The number of nitrogen functional groups attached to an aromatic ring is 1. The van der Waals surface area contributed by atoms with Gasteiger partial charge in [-0.05, 0) is 45.1 Å². The minimum atomic E-state index is -0.653. The first kappa shape index (κ1) is 17.1. The maximum Gasteiger partial charge on any atom is 0.350 e. The smallest absolute Gasteiger partial charge is 0.350 e. The molecule has 1 saturated heterocycles. The molecule has 4 rings (SSSR count). The van der Waals surface area contributed by atoms with E-state index in [9.17, 15) is 9.59 Å². The van der Waals surface area contributed by atoms with Crippen LogP contribution in [0, 0.1) is 18.7 Å². The van der Waals surface area contributed by atoms with Gasteiger partial charge in [-0.2, -0.15) is 4.68 Å². The third-order valence-corrected chi connectivity index (χ3v) is 5.78. The standard InChI is InChI=1S/C18H24FN5O2/c1-9-15-13(23(12-3-4-12)18(26)24(21)17(15)25)7-14(16(9)19)22-6-5-11(8-22)10(2)20/h7,10-12H,3-6,8,20-21H2,1-2H3/t10-,11+/m0/s1. The first-order valence-electron chi connectivity index (χ1n) is 9.07. The van der Waals surface area contributed by atoms with E-state index in [1.54, 1.807) is 17.6 Å². The third-order valence-electron chi connectivity index (χ3n) is 5.78. The summed E-state index contributed by atoms with van der Waals surface area (Å²) in [6, 6.07) is 1.70. The highest BCUT2D eigenvalue weighted by atomic mass is 19.1. The normalized spacial score (nSPS) is 21.5. The molecule has 2 aliphatic rings. The van der Waals surface area contributed by atoms with E-state index >= 15 is 4.39 Å². The summed E-state index contributed by atoms with van der Waals surface area (Å²) in [5.41, 5.74) is 5.95. The maximum atomic E-state index is 15.1. The van der Waals surface area contributed by atoms with Crippen molar-refractivity contribution in [3.63, 3.8) is 0 Å². The second kappa shape index (κ2) is 5.84. The largest absolute Gasteiger partial charge is 0.369 e. The van der Waals surface area contributed by atoms with Crippen molar-refractivity contribution in [1.82, 2.24) is 9.24 Å². The lowest BCUT2D eigenvalue weighted by Gasteiger charge is -2.23. The number of benzene rings is 1. The second-order valence-electron chi connectivity index (χ2n) is 7.64. The van der Waals surface area contributed by atoms with Crippen molar-refractivity contribution in [2.45, 2.75) is 45.2 Å². The molecule has 26 heavy (non-hydrogen) atoms. The van der Waals surface area contributed by atoms with E-state index < -0.39 is 17.1 Å². The van der Waals surface area contributed by atoms with Gasteiger partial charge in [0, 0.05) is 30.7 Å². The van der Waals surface area contributed by atoms with Gasteiger partial charge in [0.25, 0.3) is 5.56 Å². The maximum absolute atomic E-state index is 15.1. The Morgan fingerprint density at radius 1 is 1.27 bits per heavy atom. The van der Waals surface area contributed by atoms with Crippen molar-refractivity contribution in [2.75, 3.05) is 23.8 Å². The van der Waals surface area contributed by atoms with Gasteiger partial charge in [-0.3, -0.25) is 9.36 Å². The number of fused-ring (bicyclic) bond motifs is 1. The molecule has 8 heteroatoms. The molecule has 2 aromatic rings. The minimum absolute atomic E-state index is 0.0218. The highest BCUT2D eigenvalue weighted by molar-refractivity contribution is 5.86. The molecule has 1 saturated carbocycles. The molecule has 0 unspecified atom stereocenters. The molecule has 0 radical (unpaired) electrons. The van der Waals surface area contributed by atoms with Crippen LogP contribution in [0.4, 0.5) is 10.1 Å². The van der Waals surface area contributed by atoms with E-state index in [-0.39, 0.29) is 23.0 Å². The summed E-state index contributed by atoms with van der Waals surface area (Å²) in [5.74, 6) is 5.54. The molecule has 2 atom stereocenters. The van der Waals surface area contributed by atoms with E-state index in [0.717, 1.165) is 19.3 Å². The average molecular weight is 361 g/mol. The molecule has 4 N–H and O–H groups in total. The number of anilines is 1. The zero-order valence-corrected chi connectivity index (χ0v) is 15.0. The van der Waals surface area contributed by atoms with Crippen molar-refractivity contribution in [3.8, 4) is 0 Å². The van der Waals surface area contributed by atoms with Crippen molar-refractivity contribution >= 4 is 16.6 Å². The number of rotatable bonds is 3. The quantitative estimate of drug-likeness (QED) is 0.789. The van der Waals surface area contributed by atoms with Crippen LogP contribution in [0.25, 0.3) is 10.9 Å². The molecule has 1 aromatic carbocycles. The van der Waals surface area contributed by atoms with Crippen LogP contribution >= 0.6 is 0 Å². The van der Waals surface area contributed by atoms with Crippen LogP contribution in [0.3, 0.4) is 0 Å². The number of nitrogens with zero attached hydrogens (tertiary/aromatic N) is 3. The Bertz CT molecular complexity index is 1010. The predicted octanol–water partition coefficient (Wildman–Crippen LogP) is 0.833. The molecule has 0 bridgehead atoms. The first-order valence-corrected chi connectivity index (χ1v) is 9.07. The number of hydrogen-bond donors (Lipinski definition) is 2. The van der Waals surface area contributed by atoms with Gasteiger partial charge in [-0.25, -0.2) is 9.18 Å². The molecule has 1 aliphatic heterocycles. The molecular formula is C18H24FN5O2. The molecule has 2 fully saturated rings. The van der Waals surface area contributed by atoms with E-state index in [1.165, 1.54) is 0 Å². The zero-order chi connectivity index (χ0) is 18.7. The lowest BCUT2D eigenvalue weighted by atomic mass is 10.0. The van der Waals surface area contributed by atoms with Crippen LogP contribution in [0.2, 0.25) is 0 Å². The van der Waals surface area contributed by atoms with Gasteiger partial charge in [0.15, 0.2) is 0 Å². The summed E-state index contributed by atoms with van der Waals surface area (Å²) in [5, 5.41) is 0.184. The van der Waals surface area contributed by atoms with E-state index in [0.29, 0.717) is 34.9 Å². The molecule has 1 aromatic heterocycles. The predicted molar refractivity (Wildman–Crippen MR) is 99.6 cm³/mol. The Morgan fingerprint density at radius 3 is 2.54 bits per heavy atom. The number of nitrogens with two attached hydrogens (primary N) is 2. The van der Waals surface area contributed by atoms with Crippen LogP contribution in [0.1, 0.15) is 37.8 Å². The van der Waals surface area contributed by atoms with Crippen LogP contribution < -0.4 is 27.7 Å². The Balaban J connectivity index is 1.96. The zero-order valence-electron chi connectivity index (χ0n) is 15.0. The Hall–Kier alpha value is -2.35. The summed E-state index contributed by atoms with van der Waals surface area (Å²) in [4.78, 5) is 27.0. The fraction of sp³-hybridized carbons (Fsp3) is 0.556. The molecule has 1 aliphatic carbocycles. The first-order chi connectivity index (χ1) is 12.3. The van der Waals surface area contributed by atoms with Crippen molar-refractivity contribution < 1.29 is 4.39 Å². The molecule has 0 amide bonds. The summed E-state index contributed by atoms with van der Waals surface area (Å²) in [6.45, 7) is 4.91. The molecule has 140 valence electrons. The lowest BCUT2D eigenvalue weighted by Crippen LogP contribution is -2.44. The monoisotopic (exact) mass is 361 g/mol. The molecule has 0 spiro atoms. The van der Waals surface area contributed by atoms with Crippen LogP contribution in [-0.4, -0.2) is 28.4 Å². The highest BCUT2D eigenvalue weighted by Crippen LogP contribution is 2.38. The van der Waals surface area contributed by atoms with Crippen molar-refractivity contribution in [1.29, 1.82) is 0 Å². The van der Waals surface area contributed by atoms with Gasteiger partial charge in [-0.1, -0.05) is 0 Å². The topological polar surface area (TPSA) is 99.3 Å². The second-order valence-corrected chi connectivity index (χ2v) is 7.64. The summed E-state index contributed by atoms with van der Waals surface area (Å²) < 4.78 is 17.3. The van der Waals surface area contributed by atoms with Crippen LogP contribution in [0.15, 0.2) is 15.7 Å². The fourth-order valence-electron chi connectivity index (χ4n) is 4.00. The highest BCUT2D eigenvalue weighted by Gasteiger charge is 2.32. The average Bonchev–Trinajstić information content (AvgIpc) is 3.30. The van der Waals surface area contributed by atoms with Crippen molar-refractivity contribution in [3.05, 3.63) is 38.3 Å². The molecule has 7 nitrogen and oxygen atoms in total. The van der Waals surface area contributed by atoms with Crippen LogP contribution in [0.5, 0.6) is 0 Å². The number of halogens is 1. The van der Waals surface area contributed by atoms with E-state index in [4.69, 9.17) is 11.6 Å².